The van der Waals surface area contributed by atoms with Gasteiger partial charge in [0.2, 0.25) is 0 Å². The maximum absolute atomic E-state index is 12.9. The van der Waals surface area contributed by atoms with E-state index in [1.54, 1.807) is 23.0 Å². The van der Waals surface area contributed by atoms with Crippen molar-refractivity contribution in [3.63, 3.8) is 0 Å². The lowest BCUT2D eigenvalue weighted by atomic mass is 10.1. The number of rotatable bonds is 3. The highest BCUT2D eigenvalue weighted by molar-refractivity contribution is 6.02. The Balaban J connectivity index is 1.78. The van der Waals surface area contributed by atoms with E-state index < -0.39 is 17.6 Å². The minimum absolute atomic E-state index is 0.0157. The number of aryl methyl sites for hydroxylation is 1. The number of carbonyl (C=O) groups excluding carboxylic acids is 1. The van der Waals surface area contributed by atoms with Gasteiger partial charge in [0, 0.05) is 18.1 Å². The standard InChI is InChI=1S/C16H12F3N5O/c1-10-2-3-11(8-12(10)16(17,18)19)21-15(25)13-4-5-14(23-22-13)24-7-6-20-9-24/h2-9H,1H3,(H,21,25). The summed E-state index contributed by atoms with van der Waals surface area (Å²) in [6.45, 7) is 1.36. The van der Waals surface area contributed by atoms with Gasteiger partial charge in [-0.2, -0.15) is 13.2 Å². The monoisotopic (exact) mass is 347 g/mol. The van der Waals surface area contributed by atoms with Crippen LogP contribution in [-0.2, 0) is 6.18 Å². The van der Waals surface area contributed by atoms with Gasteiger partial charge in [-0.1, -0.05) is 6.07 Å². The number of nitrogens with one attached hydrogen (secondary N) is 1. The predicted octanol–water partition coefficient (Wildman–Crippen LogP) is 3.24. The molecule has 0 aliphatic carbocycles. The Morgan fingerprint density at radius 2 is 1.96 bits per heavy atom. The van der Waals surface area contributed by atoms with Crippen molar-refractivity contribution in [3.8, 4) is 5.82 Å². The van der Waals surface area contributed by atoms with Crippen LogP contribution in [0.5, 0.6) is 0 Å². The molecule has 25 heavy (non-hydrogen) atoms. The lowest BCUT2D eigenvalue weighted by Crippen LogP contribution is -2.16. The molecule has 128 valence electrons. The summed E-state index contributed by atoms with van der Waals surface area (Å²) in [6, 6.07) is 6.57. The van der Waals surface area contributed by atoms with E-state index in [-0.39, 0.29) is 16.9 Å². The van der Waals surface area contributed by atoms with Crippen LogP contribution in [-0.4, -0.2) is 25.7 Å². The minimum Gasteiger partial charge on any atom is -0.321 e. The number of carbonyl (C=O) groups is 1. The number of aromatic nitrogens is 4. The van der Waals surface area contributed by atoms with Crippen LogP contribution < -0.4 is 5.32 Å². The predicted molar refractivity (Wildman–Crippen MR) is 83.3 cm³/mol. The molecule has 1 amide bonds. The highest BCUT2D eigenvalue weighted by atomic mass is 19.4. The first-order chi connectivity index (χ1) is 11.8. The molecule has 0 aliphatic heterocycles. The van der Waals surface area contributed by atoms with Gasteiger partial charge in [0.1, 0.15) is 6.33 Å². The molecule has 0 radical (unpaired) electrons. The van der Waals surface area contributed by atoms with Crippen molar-refractivity contribution < 1.29 is 18.0 Å². The van der Waals surface area contributed by atoms with Gasteiger partial charge in [-0.15, -0.1) is 10.2 Å². The van der Waals surface area contributed by atoms with E-state index in [0.717, 1.165) is 6.07 Å². The fraction of sp³-hybridized carbons (Fsp3) is 0.125. The van der Waals surface area contributed by atoms with Crippen LogP contribution in [0.1, 0.15) is 21.6 Å². The Hall–Kier alpha value is -3.23. The maximum atomic E-state index is 12.9. The molecule has 0 aliphatic rings. The maximum Gasteiger partial charge on any atom is 0.416 e. The molecule has 2 heterocycles. The number of halogens is 3. The molecule has 0 bridgehead atoms. The van der Waals surface area contributed by atoms with Crippen LogP contribution in [0.2, 0.25) is 0 Å². The zero-order chi connectivity index (χ0) is 18.0. The molecule has 0 saturated heterocycles. The molecule has 3 rings (SSSR count). The van der Waals surface area contributed by atoms with Gasteiger partial charge in [-0.25, -0.2) is 4.98 Å². The molecule has 9 heteroatoms. The number of hydrogen-bond donors (Lipinski definition) is 1. The second-order valence-corrected chi connectivity index (χ2v) is 5.23. The summed E-state index contributed by atoms with van der Waals surface area (Å²) in [5.41, 5.74) is -0.705. The summed E-state index contributed by atoms with van der Waals surface area (Å²) in [5, 5.41) is 10.1. The summed E-state index contributed by atoms with van der Waals surface area (Å²) in [4.78, 5) is 16.0. The van der Waals surface area contributed by atoms with E-state index in [4.69, 9.17) is 0 Å². The Bertz CT molecular complexity index is 889. The number of nitrogens with zero attached hydrogens (tertiary/aromatic N) is 4. The zero-order valence-electron chi connectivity index (χ0n) is 12.9. The highest BCUT2D eigenvalue weighted by Gasteiger charge is 2.32. The SMILES string of the molecule is Cc1ccc(NC(=O)c2ccc(-n3ccnc3)nn2)cc1C(F)(F)F. The third-order valence-corrected chi connectivity index (χ3v) is 3.45. The number of anilines is 1. The summed E-state index contributed by atoms with van der Waals surface area (Å²) in [5.74, 6) is -0.189. The van der Waals surface area contributed by atoms with E-state index in [9.17, 15) is 18.0 Å². The van der Waals surface area contributed by atoms with Crippen molar-refractivity contribution in [3.05, 3.63) is 65.9 Å². The first-order valence-corrected chi connectivity index (χ1v) is 7.16. The molecule has 3 aromatic rings. The van der Waals surface area contributed by atoms with Crippen molar-refractivity contribution in [2.24, 2.45) is 0 Å². The summed E-state index contributed by atoms with van der Waals surface area (Å²) < 4.78 is 40.4. The van der Waals surface area contributed by atoms with Gasteiger partial charge in [0.25, 0.3) is 5.91 Å². The largest absolute Gasteiger partial charge is 0.416 e. The summed E-state index contributed by atoms with van der Waals surface area (Å²) in [7, 11) is 0. The van der Waals surface area contributed by atoms with Crippen molar-refractivity contribution in [1.29, 1.82) is 0 Å². The Morgan fingerprint density at radius 3 is 2.56 bits per heavy atom. The molecule has 0 fully saturated rings. The molecule has 0 unspecified atom stereocenters. The fourth-order valence-electron chi connectivity index (χ4n) is 2.18. The fourth-order valence-corrected chi connectivity index (χ4v) is 2.18. The number of hydrogen-bond acceptors (Lipinski definition) is 4. The van der Waals surface area contributed by atoms with Crippen LogP contribution in [0.25, 0.3) is 5.82 Å². The van der Waals surface area contributed by atoms with E-state index in [2.05, 4.69) is 20.5 Å². The lowest BCUT2D eigenvalue weighted by Gasteiger charge is -2.12. The van der Waals surface area contributed by atoms with Gasteiger partial charge < -0.3 is 5.32 Å². The first-order valence-electron chi connectivity index (χ1n) is 7.16. The van der Waals surface area contributed by atoms with Crippen LogP contribution in [0.3, 0.4) is 0 Å². The number of imidazole rings is 1. The molecule has 0 atom stereocenters. The summed E-state index contributed by atoms with van der Waals surface area (Å²) in [6.07, 6.45) is 0.262. The lowest BCUT2D eigenvalue weighted by molar-refractivity contribution is -0.138. The van der Waals surface area contributed by atoms with Gasteiger partial charge in [-0.3, -0.25) is 9.36 Å². The first kappa shape index (κ1) is 16.6. The topological polar surface area (TPSA) is 72.7 Å². The minimum atomic E-state index is -4.49. The molecular weight excluding hydrogens is 335 g/mol. The highest BCUT2D eigenvalue weighted by Crippen LogP contribution is 2.33. The van der Waals surface area contributed by atoms with Crippen molar-refractivity contribution in [2.75, 3.05) is 5.32 Å². The van der Waals surface area contributed by atoms with E-state index in [0.29, 0.717) is 5.82 Å². The van der Waals surface area contributed by atoms with Crippen LogP contribution in [0, 0.1) is 6.92 Å². The van der Waals surface area contributed by atoms with Crippen molar-refractivity contribution in [1.82, 2.24) is 19.7 Å². The third kappa shape index (κ3) is 3.65. The molecule has 1 aromatic carbocycles. The number of amides is 1. The number of benzene rings is 1. The van der Waals surface area contributed by atoms with Crippen LogP contribution >= 0.6 is 0 Å². The van der Waals surface area contributed by atoms with Crippen LogP contribution in [0.4, 0.5) is 18.9 Å². The second-order valence-electron chi connectivity index (χ2n) is 5.23. The third-order valence-electron chi connectivity index (χ3n) is 3.45. The van der Waals surface area contributed by atoms with Gasteiger partial charge in [0.15, 0.2) is 11.5 Å². The quantitative estimate of drug-likeness (QED) is 0.789. The van der Waals surface area contributed by atoms with Crippen LogP contribution in [0.15, 0.2) is 49.1 Å². The molecule has 6 nitrogen and oxygen atoms in total. The molecule has 0 saturated carbocycles. The van der Waals surface area contributed by atoms with Crippen molar-refractivity contribution >= 4 is 11.6 Å². The van der Waals surface area contributed by atoms with Gasteiger partial charge >= 0.3 is 6.18 Å². The van der Waals surface area contributed by atoms with Gasteiger partial charge in [-0.05, 0) is 36.8 Å². The Kier molecular flexibility index (Phi) is 4.22. The van der Waals surface area contributed by atoms with Gasteiger partial charge in [0.05, 0.1) is 5.56 Å². The van der Waals surface area contributed by atoms with E-state index in [1.807, 2.05) is 0 Å². The normalized spacial score (nSPS) is 11.4. The number of alkyl halides is 3. The zero-order valence-corrected chi connectivity index (χ0v) is 12.9. The van der Waals surface area contributed by atoms with Crippen molar-refractivity contribution in [2.45, 2.75) is 13.1 Å². The average molecular weight is 347 g/mol. The molecule has 1 N–H and O–H groups in total. The Labute approximate surface area is 140 Å². The second kappa shape index (κ2) is 6.34. The smallest absolute Gasteiger partial charge is 0.321 e. The summed E-state index contributed by atoms with van der Waals surface area (Å²) >= 11 is 0. The Morgan fingerprint density at radius 1 is 1.16 bits per heavy atom. The molecule has 0 spiro atoms. The van der Waals surface area contributed by atoms with E-state index in [1.165, 1.54) is 31.5 Å². The molecular formula is C16H12F3N5O. The van der Waals surface area contributed by atoms with E-state index >= 15 is 0 Å². The molecule has 2 aromatic heterocycles. The average Bonchev–Trinajstić information content (AvgIpc) is 3.10.